The number of hydrogen-bond donors (Lipinski definition) is 2. The average molecular weight is 237 g/mol. The number of nitrogens with zero attached hydrogens (tertiary/aromatic N) is 1. The minimum Gasteiger partial charge on any atom is -0.508 e. The Balaban J connectivity index is 2.96. The molecule has 0 aliphatic rings. The number of carbonyl (C=O) groups is 1. The second-order valence-electron chi connectivity index (χ2n) is 3.33. The summed E-state index contributed by atoms with van der Waals surface area (Å²) >= 11 is 1.01. The SMILES string of the molecule is Cc1cc(O)c(CCC(=O)O)cc1SC#N. The normalized spacial score (nSPS) is 9.75. The average Bonchev–Trinajstić information content (AvgIpc) is 2.20. The molecule has 0 amide bonds. The van der Waals surface area contributed by atoms with Crippen LogP contribution < -0.4 is 0 Å². The van der Waals surface area contributed by atoms with Crippen LogP contribution in [0.1, 0.15) is 17.5 Å². The summed E-state index contributed by atoms with van der Waals surface area (Å²) in [5.74, 6) is -0.824. The summed E-state index contributed by atoms with van der Waals surface area (Å²) in [6.45, 7) is 1.79. The van der Waals surface area contributed by atoms with Gasteiger partial charge in [0.1, 0.15) is 11.2 Å². The molecule has 0 aliphatic carbocycles. The van der Waals surface area contributed by atoms with Gasteiger partial charge in [-0.25, -0.2) is 0 Å². The summed E-state index contributed by atoms with van der Waals surface area (Å²) in [7, 11) is 0. The number of benzene rings is 1. The molecule has 1 rings (SSSR count). The fourth-order valence-corrected chi connectivity index (χ4v) is 1.84. The van der Waals surface area contributed by atoms with Crippen LogP contribution in [0.4, 0.5) is 0 Å². The van der Waals surface area contributed by atoms with Crippen LogP contribution in [0.5, 0.6) is 5.75 Å². The van der Waals surface area contributed by atoms with Crippen LogP contribution in [0.3, 0.4) is 0 Å². The summed E-state index contributed by atoms with van der Waals surface area (Å²) in [5.41, 5.74) is 1.37. The molecular weight excluding hydrogens is 226 g/mol. The Labute approximate surface area is 97.5 Å². The van der Waals surface area contributed by atoms with Crippen LogP contribution in [0.25, 0.3) is 0 Å². The van der Waals surface area contributed by atoms with Gasteiger partial charge in [0.05, 0.1) is 0 Å². The maximum Gasteiger partial charge on any atom is 0.303 e. The van der Waals surface area contributed by atoms with Gasteiger partial charge >= 0.3 is 5.97 Å². The number of aromatic hydroxyl groups is 1. The zero-order valence-electron chi connectivity index (χ0n) is 8.73. The number of carboxylic acids is 1. The van der Waals surface area contributed by atoms with Crippen molar-refractivity contribution < 1.29 is 15.0 Å². The van der Waals surface area contributed by atoms with Gasteiger partial charge in [-0.3, -0.25) is 4.79 Å². The molecule has 0 atom stereocenters. The molecule has 0 heterocycles. The summed E-state index contributed by atoms with van der Waals surface area (Å²) < 4.78 is 0. The van der Waals surface area contributed by atoms with Gasteiger partial charge in [-0.15, -0.1) is 0 Å². The van der Waals surface area contributed by atoms with Crippen molar-refractivity contribution in [3.05, 3.63) is 23.3 Å². The summed E-state index contributed by atoms with van der Waals surface area (Å²) in [6, 6.07) is 3.22. The lowest BCUT2D eigenvalue weighted by molar-refractivity contribution is -0.136. The van der Waals surface area contributed by atoms with Crippen molar-refractivity contribution in [3.8, 4) is 11.2 Å². The third-order valence-electron chi connectivity index (χ3n) is 2.14. The first-order valence-corrected chi connectivity index (χ1v) is 5.46. The number of rotatable bonds is 4. The first-order valence-electron chi connectivity index (χ1n) is 4.65. The van der Waals surface area contributed by atoms with Crippen molar-refractivity contribution in [2.45, 2.75) is 24.7 Å². The lowest BCUT2D eigenvalue weighted by atomic mass is 10.1. The number of carboxylic acid groups (broad SMARTS) is 1. The third-order valence-corrected chi connectivity index (χ3v) is 2.89. The zero-order chi connectivity index (χ0) is 12.1. The predicted molar refractivity (Wildman–Crippen MR) is 60.3 cm³/mol. The van der Waals surface area contributed by atoms with Gasteiger partial charge in [-0.1, -0.05) is 0 Å². The van der Waals surface area contributed by atoms with E-state index in [1.165, 1.54) is 0 Å². The van der Waals surface area contributed by atoms with E-state index in [4.69, 9.17) is 10.4 Å². The Morgan fingerprint density at radius 3 is 2.81 bits per heavy atom. The van der Waals surface area contributed by atoms with Gasteiger partial charge < -0.3 is 10.2 Å². The van der Waals surface area contributed by atoms with Crippen molar-refractivity contribution in [1.82, 2.24) is 0 Å². The van der Waals surface area contributed by atoms with E-state index in [1.807, 2.05) is 5.40 Å². The first-order chi connectivity index (χ1) is 7.54. The standard InChI is InChI=1S/C11H11NO3S/c1-7-4-9(13)8(2-3-11(14)15)5-10(7)16-6-12/h4-5,13H,2-3H2,1H3,(H,14,15). The number of nitriles is 1. The van der Waals surface area contributed by atoms with Crippen molar-refractivity contribution in [3.63, 3.8) is 0 Å². The second-order valence-corrected chi connectivity index (χ2v) is 4.16. The highest BCUT2D eigenvalue weighted by molar-refractivity contribution is 8.03. The van der Waals surface area contributed by atoms with E-state index in [0.717, 1.165) is 22.2 Å². The fourth-order valence-electron chi connectivity index (χ4n) is 1.32. The van der Waals surface area contributed by atoms with Crippen molar-refractivity contribution in [2.24, 2.45) is 0 Å². The van der Waals surface area contributed by atoms with Gasteiger partial charge in [-0.05, 0) is 48.4 Å². The van der Waals surface area contributed by atoms with E-state index in [0.29, 0.717) is 5.56 Å². The van der Waals surface area contributed by atoms with Crippen molar-refractivity contribution in [1.29, 1.82) is 5.26 Å². The second kappa shape index (κ2) is 5.42. The van der Waals surface area contributed by atoms with E-state index in [2.05, 4.69) is 0 Å². The van der Waals surface area contributed by atoms with Crippen LogP contribution in [0, 0.1) is 17.6 Å². The summed E-state index contributed by atoms with van der Waals surface area (Å²) in [5, 5.41) is 28.7. The Hall–Kier alpha value is -1.67. The Kier molecular flexibility index (Phi) is 4.20. The maximum absolute atomic E-state index is 10.4. The largest absolute Gasteiger partial charge is 0.508 e. The Morgan fingerprint density at radius 1 is 1.56 bits per heavy atom. The fraction of sp³-hybridized carbons (Fsp3) is 0.273. The maximum atomic E-state index is 10.4. The quantitative estimate of drug-likeness (QED) is 0.620. The molecule has 0 aliphatic heterocycles. The minimum absolute atomic E-state index is 0.0344. The molecule has 0 saturated carbocycles. The molecule has 1 aromatic rings. The Morgan fingerprint density at radius 2 is 2.25 bits per heavy atom. The van der Waals surface area contributed by atoms with Crippen LogP contribution in [-0.4, -0.2) is 16.2 Å². The monoisotopic (exact) mass is 237 g/mol. The molecule has 2 N–H and O–H groups in total. The minimum atomic E-state index is -0.908. The number of hydrogen-bond acceptors (Lipinski definition) is 4. The molecule has 0 unspecified atom stereocenters. The summed E-state index contributed by atoms with van der Waals surface area (Å²) in [4.78, 5) is 11.2. The zero-order valence-corrected chi connectivity index (χ0v) is 9.54. The molecule has 84 valence electrons. The number of aryl methyl sites for hydroxylation is 2. The van der Waals surface area contributed by atoms with Gasteiger partial charge in [0.15, 0.2) is 0 Å². The molecule has 0 aromatic heterocycles. The predicted octanol–water partition coefficient (Wildman–Crippen LogP) is 2.29. The molecule has 0 spiro atoms. The number of aliphatic carboxylic acids is 1. The molecule has 5 heteroatoms. The van der Waals surface area contributed by atoms with E-state index >= 15 is 0 Å². The highest BCUT2D eigenvalue weighted by atomic mass is 32.2. The van der Waals surface area contributed by atoms with E-state index in [-0.39, 0.29) is 18.6 Å². The number of thiocyanates is 1. The highest BCUT2D eigenvalue weighted by Crippen LogP contribution is 2.29. The molecule has 4 nitrogen and oxygen atoms in total. The van der Waals surface area contributed by atoms with E-state index in [9.17, 15) is 9.90 Å². The molecule has 16 heavy (non-hydrogen) atoms. The Bertz CT molecular complexity index is 451. The van der Waals surface area contributed by atoms with Crippen LogP contribution in [0.2, 0.25) is 0 Å². The molecule has 0 bridgehead atoms. The summed E-state index contributed by atoms with van der Waals surface area (Å²) in [6.07, 6.45) is 0.230. The molecule has 0 radical (unpaired) electrons. The van der Waals surface area contributed by atoms with Crippen molar-refractivity contribution in [2.75, 3.05) is 0 Å². The smallest absolute Gasteiger partial charge is 0.303 e. The molecular formula is C11H11NO3S. The lowest BCUT2D eigenvalue weighted by Gasteiger charge is -2.07. The number of thioether (sulfide) groups is 1. The number of phenolic OH excluding ortho intramolecular Hbond substituents is 1. The van der Waals surface area contributed by atoms with Gasteiger partial charge in [0.2, 0.25) is 0 Å². The number of phenols is 1. The third kappa shape index (κ3) is 3.17. The van der Waals surface area contributed by atoms with Gasteiger partial charge in [-0.2, -0.15) is 5.26 Å². The molecule has 1 aromatic carbocycles. The van der Waals surface area contributed by atoms with E-state index in [1.54, 1.807) is 19.1 Å². The molecule has 0 fully saturated rings. The van der Waals surface area contributed by atoms with E-state index < -0.39 is 5.97 Å². The lowest BCUT2D eigenvalue weighted by Crippen LogP contribution is -1.98. The van der Waals surface area contributed by atoms with Crippen LogP contribution in [0.15, 0.2) is 17.0 Å². The topological polar surface area (TPSA) is 81.3 Å². The molecule has 0 saturated heterocycles. The van der Waals surface area contributed by atoms with Crippen molar-refractivity contribution >= 4 is 17.7 Å². The first kappa shape index (κ1) is 12.4. The highest BCUT2D eigenvalue weighted by Gasteiger charge is 2.08. The van der Waals surface area contributed by atoms with Crippen LogP contribution >= 0.6 is 11.8 Å². The van der Waals surface area contributed by atoms with Gasteiger partial charge in [0, 0.05) is 11.3 Å². The van der Waals surface area contributed by atoms with Gasteiger partial charge in [0.25, 0.3) is 0 Å². The van der Waals surface area contributed by atoms with Crippen LogP contribution in [-0.2, 0) is 11.2 Å².